The van der Waals surface area contributed by atoms with Crippen LogP contribution >= 0.6 is 0 Å². The Bertz CT molecular complexity index is 733. The molecule has 2 aromatic rings. The lowest BCUT2D eigenvalue weighted by Gasteiger charge is -2.14. The Kier molecular flexibility index (Phi) is 4.90. The van der Waals surface area contributed by atoms with Gasteiger partial charge in [-0.05, 0) is 49.4 Å². The van der Waals surface area contributed by atoms with Crippen molar-refractivity contribution in [1.82, 2.24) is 0 Å². The number of carbonyl (C=O) groups excluding carboxylic acids is 2. The summed E-state index contributed by atoms with van der Waals surface area (Å²) in [6, 6.07) is 8.35. The zero-order chi connectivity index (χ0) is 17.0. The van der Waals surface area contributed by atoms with Gasteiger partial charge in [0.2, 0.25) is 0 Å². The molecule has 0 bridgehead atoms. The molecule has 0 fully saturated rings. The molecule has 0 saturated heterocycles. The molecule has 0 spiro atoms. The van der Waals surface area contributed by atoms with Crippen LogP contribution in [0.25, 0.3) is 0 Å². The van der Waals surface area contributed by atoms with E-state index in [4.69, 9.17) is 10.5 Å². The highest BCUT2D eigenvalue weighted by Crippen LogP contribution is 2.16. The van der Waals surface area contributed by atoms with Crippen molar-refractivity contribution in [3.63, 3.8) is 0 Å². The van der Waals surface area contributed by atoms with Gasteiger partial charge in [-0.25, -0.2) is 13.6 Å². The smallest absolute Gasteiger partial charge is 0.341 e. The fourth-order valence-corrected chi connectivity index (χ4v) is 1.77. The number of hydrogen-bond donors (Lipinski definition) is 2. The lowest BCUT2D eigenvalue weighted by Crippen LogP contribution is -2.30. The molecule has 1 atom stereocenters. The highest BCUT2D eigenvalue weighted by molar-refractivity contribution is 5.99. The number of amides is 1. The van der Waals surface area contributed by atoms with Gasteiger partial charge in [0.1, 0.15) is 11.6 Å². The van der Waals surface area contributed by atoms with E-state index in [9.17, 15) is 18.4 Å². The summed E-state index contributed by atoms with van der Waals surface area (Å²) in [6.45, 7) is 1.37. The largest absolute Gasteiger partial charge is 0.449 e. The number of benzene rings is 2. The molecule has 0 aromatic heterocycles. The first-order chi connectivity index (χ1) is 10.9. The standard InChI is InChI=1S/C16H14F2N2O3/c1-9(15(21)20-12-5-2-10(17)3-6-12)23-16(22)13-7-4-11(18)8-14(13)19/h2-9H,19H2,1H3,(H,20,21)/t9-/m0/s1. The average Bonchev–Trinajstić information content (AvgIpc) is 2.49. The summed E-state index contributed by atoms with van der Waals surface area (Å²) in [6.07, 6.45) is -1.11. The lowest BCUT2D eigenvalue weighted by molar-refractivity contribution is -0.123. The van der Waals surface area contributed by atoms with Gasteiger partial charge in [0.25, 0.3) is 5.91 Å². The first kappa shape index (κ1) is 16.4. The molecule has 0 aliphatic heterocycles. The van der Waals surface area contributed by atoms with Crippen LogP contribution < -0.4 is 11.1 Å². The van der Waals surface area contributed by atoms with E-state index in [0.717, 1.165) is 12.1 Å². The molecule has 0 radical (unpaired) electrons. The van der Waals surface area contributed by atoms with Gasteiger partial charge in [0.05, 0.1) is 5.56 Å². The molecule has 1 amide bonds. The van der Waals surface area contributed by atoms with Crippen LogP contribution in [0.2, 0.25) is 0 Å². The van der Waals surface area contributed by atoms with E-state index in [1.165, 1.54) is 37.3 Å². The second kappa shape index (κ2) is 6.87. The third-order valence-corrected chi connectivity index (χ3v) is 3.00. The summed E-state index contributed by atoms with van der Waals surface area (Å²) in [5.74, 6) is -2.45. The van der Waals surface area contributed by atoms with Crippen LogP contribution in [0, 0.1) is 11.6 Å². The Labute approximate surface area is 131 Å². The Morgan fingerprint density at radius 2 is 1.70 bits per heavy atom. The summed E-state index contributed by atoms with van der Waals surface area (Å²) in [4.78, 5) is 23.9. The number of nitrogens with two attached hydrogens (primary N) is 1. The normalized spacial score (nSPS) is 11.6. The van der Waals surface area contributed by atoms with E-state index >= 15 is 0 Å². The maximum Gasteiger partial charge on any atom is 0.341 e. The van der Waals surface area contributed by atoms with E-state index < -0.39 is 29.6 Å². The van der Waals surface area contributed by atoms with Crippen molar-refractivity contribution >= 4 is 23.3 Å². The second-order valence-corrected chi connectivity index (χ2v) is 4.78. The van der Waals surface area contributed by atoms with Crippen LogP contribution in [0.3, 0.4) is 0 Å². The maximum atomic E-state index is 12.9. The topological polar surface area (TPSA) is 81.4 Å². The van der Waals surface area contributed by atoms with Crippen molar-refractivity contribution in [3.05, 3.63) is 59.7 Å². The van der Waals surface area contributed by atoms with Crippen molar-refractivity contribution in [2.75, 3.05) is 11.1 Å². The SMILES string of the molecule is C[C@H](OC(=O)c1ccc(F)cc1N)C(=O)Nc1ccc(F)cc1. The van der Waals surface area contributed by atoms with Gasteiger partial charge in [-0.2, -0.15) is 0 Å². The molecule has 5 nitrogen and oxygen atoms in total. The number of halogens is 2. The van der Waals surface area contributed by atoms with Gasteiger partial charge < -0.3 is 15.8 Å². The highest BCUT2D eigenvalue weighted by atomic mass is 19.1. The first-order valence-corrected chi connectivity index (χ1v) is 6.69. The molecule has 3 N–H and O–H groups in total. The van der Waals surface area contributed by atoms with Crippen molar-refractivity contribution in [3.8, 4) is 0 Å². The van der Waals surface area contributed by atoms with E-state index in [0.29, 0.717) is 5.69 Å². The fourth-order valence-electron chi connectivity index (χ4n) is 1.77. The predicted octanol–water partition coefficient (Wildman–Crippen LogP) is 2.73. The monoisotopic (exact) mass is 320 g/mol. The first-order valence-electron chi connectivity index (χ1n) is 6.69. The van der Waals surface area contributed by atoms with Gasteiger partial charge in [0.15, 0.2) is 6.10 Å². The van der Waals surface area contributed by atoms with Crippen molar-refractivity contribution < 1.29 is 23.1 Å². The minimum Gasteiger partial charge on any atom is -0.449 e. The number of anilines is 2. The quantitative estimate of drug-likeness (QED) is 0.670. The van der Waals surface area contributed by atoms with Crippen LogP contribution in [0.15, 0.2) is 42.5 Å². The fraction of sp³-hybridized carbons (Fsp3) is 0.125. The summed E-state index contributed by atoms with van der Waals surface area (Å²) in [5.41, 5.74) is 5.78. The summed E-state index contributed by atoms with van der Waals surface area (Å²) < 4.78 is 30.7. The molecule has 0 unspecified atom stereocenters. The Morgan fingerprint density at radius 1 is 1.09 bits per heavy atom. The van der Waals surface area contributed by atoms with Crippen molar-refractivity contribution in [2.24, 2.45) is 0 Å². The molecule has 120 valence electrons. The Balaban J connectivity index is 2.00. The van der Waals surface area contributed by atoms with Crippen LogP contribution in [-0.2, 0) is 9.53 Å². The van der Waals surface area contributed by atoms with Gasteiger partial charge in [-0.1, -0.05) is 0 Å². The molecule has 0 aliphatic rings. The molecule has 2 rings (SSSR count). The van der Waals surface area contributed by atoms with Crippen molar-refractivity contribution in [1.29, 1.82) is 0 Å². The van der Waals surface area contributed by atoms with E-state index in [1.807, 2.05) is 0 Å². The number of hydrogen-bond acceptors (Lipinski definition) is 4. The number of carbonyl (C=O) groups is 2. The molecule has 0 aliphatic carbocycles. The molecule has 0 heterocycles. The van der Waals surface area contributed by atoms with Crippen LogP contribution in [0.4, 0.5) is 20.2 Å². The van der Waals surface area contributed by atoms with Crippen molar-refractivity contribution in [2.45, 2.75) is 13.0 Å². The summed E-state index contributed by atoms with van der Waals surface area (Å²) in [5, 5.41) is 2.48. The minimum absolute atomic E-state index is 0.0344. The van der Waals surface area contributed by atoms with E-state index in [2.05, 4.69) is 5.32 Å². The lowest BCUT2D eigenvalue weighted by atomic mass is 10.2. The van der Waals surface area contributed by atoms with E-state index in [-0.39, 0.29) is 11.3 Å². The molecule has 0 saturated carbocycles. The minimum atomic E-state index is -1.11. The van der Waals surface area contributed by atoms with Gasteiger partial charge in [-0.3, -0.25) is 4.79 Å². The molecule has 2 aromatic carbocycles. The number of ether oxygens (including phenoxy) is 1. The van der Waals surface area contributed by atoms with Crippen LogP contribution in [0.5, 0.6) is 0 Å². The number of nitrogens with one attached hydrogen (secondary N) is 1. The van der Waals surface area contributed by atoms with Gasteiger partial charge >= 0.3 is 5.97 Å². The zero-order valence-electron chi connectivity index (χ0n) is 12.2. The second-order valence-electron chi connectivity index (χ2n) is 4.78. The molecule has 23 heavy (non-hydrogen) atoms. The molecular formula is C16H14F2N2O3. The van der Waals surface area contributed by atoms with Gasteiger partial charge in [-0.15, -0.1) is 0 Å². The molecule has 7 heteroatoms. The number of rotatable bonds is 4. The predicted molar refractivity (Wildman–Crippen MR) is 80.7 cm³/mol. The van der Waals surface area contributed by atoms with Crippen LogP contribution in [-0.4, -0.2) is 18.0 Å². The number of nitrogen functional groups attached to an aromatic ring is 1. The van der Waals surface area contributed by atoms with Gasteiger partial charge in [0, 0.05) is 11.4 Å². The van der Waals surface area contributed by atoms with Crippen LogP contribution in [0.1, 0.15) is 17.3 Å². The van der Waals surface area contributed by atoms with E-state index in [1.54, 1.807) is 0 Å². The third-order valence-electron chi connectivity index (χ3n) is 3.00. The Morgan fingerprint density at radius 3 is 2.30 bits per heavy atom. The summed E-state index contributed by atoms with van der Waals surface area (Å²) >= 11 is 0. The molecular weight excluding hydrogens is 306 g/mol. The Hall–Kier alpha value is -2.96. The maximum absolute atomic E-state index is 12.9. The third kappa shape index (κ3) is 4.26. The average molecular weight is 320 g/mol. The highest BCUT2D eigenvalue weighted by Gasteiger charge is 2.20. The zero-order valence-corrected chi connectivity index (χ0v) is 12.2. The number of esters is 1. The summed E-state index contributed by atoms with van der Waals surface area (Å²) in [7, 11) is 0.